The van der Waals surface area contributed by atoms with E-state index in [2.05, 4.69) is 50.4 Å². The topological polar surface area (TPSA) is 38.3 Å². The van der Waals surface area contributed by atoms with Crippen molar-refractivity contribution in [2.75, 3.05) is 23.4 Å². The fourth-order valence-corrected chi connectivity index (χ4v) is 3.63. The molecule has 0 radical (unpaired) electrons. The monoisotopic (exact) mass is 371 g/mol. The molecule has 0 aromatic heterocycles. The molecule has 2 aromatic rings. The number of thioether (sulfide) groups is 1. The Bertz CT molecular complexity index is 723. The standard InChI is InChI=1S/C22H29NO2S/c1-5-19-9-6-8-18(4)22(19)23-21(24)15-26-11-7-10-25-20-13-16(2)12-17(3)14-20/h6,8-9,12-14H,5,7,10-11,15H2,1-4H3,(H,23,24). The highest BCUT2D eigenvalue weighted by Gasteiger charge is 2.08. The largest absolute Gasteiger partial charge is 0.494 e. The van der Waals surface area contributed by atoms with Crippen molar-refractivity contribution in [2.24, 2.45) is 0 Å². The summed E-state index contributed by atoms with van der Waals surface area (Å²) in [5.41, 5.74) is 5.70. The van der Waals surface area contributed by atoms with Gasteiger partial charge >= 0.3 is 0 Å². The number of anilines is 1. The Morgan fingerprint density at radius 2 is 1.85 bits per heavy atom. The van der Waals surface area contributed by atoms with Crippen LogP contribution >= 0.6 is 11.8 Å². The Hall–Kier alpha value is -1.94. The first kappa shape index (κ1) is 20.4. The molecule has 2 aromatic carbocycles. The van der Waals surface area contributed by atoms with Crippen molar-refractivity contribution in [3.8, 4) is 5.75 Å². The van der Waals surface area contributed by atoms with Gasteiger partial charge in [-0.05, 0) is 73.8 Å². The predicted octanol–water partition coefficient (Wildman–Crippen LogP) is 5.32. The van der Waals surface area contributed by atoms with Gasteiger partial charge in [-0.25, -0.2) is 0 Å². The predicted molar refractivity (Wildman–Crippen MR) is 113 cm³/mol. The minimum Gasteiger partial charge on any atom is -0.494 e. The normalized spacial score (nSPS) is 10.6. The lowest BCUT2D eigenvalue weighted by molar-refractivity contribution is -0.113. The van der Waals surface area contributed by atoms with E-state index in [0.717, 1.165) is 35.6 Å². The van der Waals surface area contributed by atoms with Gasteiger partial charge in [0.2, 0.25) is 5.91 Å². The van der Waals surface area contributed by atoms with Crippen LogP contribution in [0.5, 0.6) is 5.75 Å². The van der Waals surface area contributed by atoms with Crippen LogP contribution in [-0.2, 0) is 11.2 Å². The molecule has 0 unspecified atom stereocenters. The van der Waals surface area contributed by atoms with Crippen LogP contribution in [0.1, 0.15) is 35.6 Å². The highest BCUT2D eigenvalue weighted by atomic mass is 32.2. The van der Waals surface area contributed by atoms with Crippen LogP contribution in [0.3, 0.4) is 0 Å². The molecule has 140 valence electrons. The number of ether oxygens (including phenoxy) is 1. The minimum atomic E-state index is 0.0641. The molecular formula is C22H29NO2S. The highest BCUT2D eigenvalue weighted by molar-refractivity contribution is 7.99. The van der Waals surface area contributed by atoms with Gasteiger partial charge in [0.1, 0.15) is 5.75 Å². The van der Waals surface area contributed by atoms with Gasteiger partial charge in [0.15, 0.2) is 0 Å². The van der Waals surface area contributed by atoms with Crippen LogP contribution in [-0.4, -0.2) is 24.0 Å². The lowest BCUT2D eigenvalue weighted by atomic mass is 10.1. The van der Waals surface area contributed by atoms with Gasteiger partial charge < -0.3 is 10.1 Å². The van der Waals surface area contributed by atoms with E-state index in [9.17, 15) is 4.79 Å². The first-order valence-corrected chi connectivity index (χ1v) is 10.3. The summed E-state index contributed by atoms with van der Waals surface area (Å²) in [7, 11) is 0. The molecule has 0 aliphatic carbocycles. The average molecular weight is 372 g/mol. The van der Waals surface area contributed by atoms with Crippen LogP contribution in [0.4, 0.5) is 5.69 Å². The summed E-state index contributed by atoms with van der Waals surface area (Å²) in [6.45, 7) is 8.97. The SMILES string of the molecule is CCc1cccc(C)c1NC(=O)CSCCCOc1cc(C)cc(C)c1. The van der Waals surface area contributed by atoms with Gasteiger partial charge in [0.05, 0.1) is 12.4 Å². The van der Waals surface area contributed by atoms with E-state index in [4.69, 9.17) is 4.74 Å². The van der Waals surface area contributed by atoms with Gasteiger partial charge in [-0.1, -0.05) is 31.2 Å². The molecule has 0 atom stereocenters. The zero-order chi connectivity index (χ0) is 18.9. The summed E-state index contributed by atoms with van der Waals surface area (Å²) in [5, 5.41) is 3.07. The van der Waals surface area contributed by atoms with Crippen molar-refractivity contribution >= 4 is 23.4 Å². The number of hydrogen-bond acceptors (Lipinski definition) is 3. The molecule has 3 nitrogen and oxygen atoms in total. The van der Waals surface area contributed by atoms with Gasteiger partial charge in [-0.2, -0.15) is 11.8 Å². The van der Waals surface area contributed by atoms with Crippen molar-refractivity contribution in [2.45, 2.75) is 40.5 Å². The Balaban J connectivity index is 1.68. The van der Waals surface area contributed by atoms with E-state index in [0.29, 0.717) is 12.4 Å². The van der Waals surface area contributed by atoms with Crippen molar-refractivity contribution in [1.82, 2.24) is 0 Å². The molecular weight excluding hydrogens is 342 g/mol. The molecule has 0 aliphatic rings. The molecule has 0 aliphatic heterocycles. The van der Waals surface area contributed by atoms with Crippen molar-refractivity contribution in [1.29, 1.82) is 0 Å². The van der Waals surface area contributed by atoms with Gasteiger partial charge in [0, 0.05) is 5.69 Å². The van der Waals surface area contributed by atoms with Crippen LogP contribution in [0.15, 0.2) is 36.4 Å². The van der Waals surface area contributed by atoms with Crippen LogP contribution in [0.2, 0.25) is 0 Å². The third kappa shape index (κ3) is 6.41. The van der Waals surface area contributed by atoms with E-state index in [1.165, 1.54) is 16.7 Å². The maximum absolute atomic E-state index is 12.2. The molecule has 1 amide bonds. The summed E-state index contributed by atoms with van der Waals surface area (Å²) in [6, 6.07) is 12.4. The van der Waals surface area contributed by atoms with E-state index in [-0.39, 0.29) is 5.91 Å². The number of nitrogens with one attached hydrogen (secondary N) is 1. The first-order valence-electron chi connectivity index (χ1n) is 9.16. The minimum absolute atomic E-state index is 0.0641. The zero-order valence-electron chi connectivity index (χ0n) is 16.2. The summed E-state index contributed by atoms with van der Waals surface area (Å²) >= 11 is 1.65. The lowest BCUT2D eigenvalue weighted by Gasteiger charge is -2.13. The molecule has 0 spiro atoms. The van der Waals surface area contributed by atoms with Crippen LogP contribution in [0, 0.1) is 20.8 Å². The van der Waals surface area contributed by atoms with Gasteiger partial charge in [-0.3, -0.25) is 4.79 Å². The van der Waals surface area contributed by atoms with E-state index < -0.39 is 0 Å². The Labute approximate surface area is 161 Å². The number of hydrogen-bond donors (Lipinski definition) is 1. The van der Waals surface area contributed by atoms with Crippen LogP contribution in [0.25, 0.3) is 0 Å². The van der Waals surface area contributed by atoms with Crippen molar-refractivity contribution in [3.05, 3.63) is 58.7 Å². The summed E-state index contributed by atoms with van der Waals surface area (Å²) in [6.07, 6.45) is 1.84. The third-order valence-corrected chi connectivity index (χ3v) is 5.18. The number of rotatable bonds is 9. The second-order valence-electron chi connectivity index (χ2n) is 6.59. The number of benzene rings is 2. The van der Waals surface area contributed by atoms with Gasteiger partial charge in [-0.15, -0.1) is 0 Å². The maximum Gasteiger partial charge on any atom is 0.234 e. The Morgan fingerprint density at radius 1 is 1.12 bits per heavy atom. The summed E-state index contributed by atoms with van der Waals surface area (Å²) in [5.74, 6) is 2.37. The fourth-order valence-electron chi connectivity index (χ4n) is 2.91. The van der Waals surface area contributed by atoms with Crippen LogP contribution < -0.4 is 10.1 Å². The smallest absolute Gasteiger partial charge is 0.234 e. The second kappa shape index (κ2) is 10.3. The van der Waals surface area contributed by atoms with E-state index in [1.54, 1.807) is 11.8 Å². The third-order valence-electron chi connectivity index (χ3n) is 4.13. The van der Waals surface area contributed by atoms with E-state index in [1.807, 2.05) is 19.1 Å². The number of carbonyl (C=O) groups is 1. The number of carbonyl (C=O) groups excluding carboxylic acids is 1. The quantitative estimate of drug-likeness (QED) is 0.607. The summed E-state index contributed by atoms with van der Waals surface area (Å²) in [4.78, 5) is 12.2. The summed E-state index contributed by atoms with van der Waals surface area (Å²) < 4.78 is 5.80. The van der Waals surface area contributed by atoms with Gasteiger partial charge in [0.25, 0.3) is 0 Å². The second-order valence-corrected chi connectivity index (χ2v) is 7.69. The first-order chi connectivity index (χ1) is 12.5. The zero-order valence-corrected chi connectivity index (χ0v) is 17.0. The van der Waals surface area contributed by atoms with E-state index >= 15 is 0 Å². The molecule has 0 fully saturated rings. The lowest BCUT2D eigenvalue weighted by Crippen LogP contribution is -2.16. The molecule has 26 heavy (non-hydrogen) atoms. The Morgan fingerprint density at radius 3 is 2.54 bits per heavy atom. The maximum atomic E-state index is 12.2. The van der Waals surface area contributed by atoms with Crippen molar-refractivity contribution < 1.29 is 9.53 Å². The molecule has 0 bridgehead atoms. The molecule has 4 heteroatoms. The molecule has 1 N–H and O–H groups in total. The number of amides is 1. The number of aryl methyl sites for hydroxylation is 4. The average Bonchev–Trinajstić information content (AvgIpc) is 2.59. The number of para-hydroxylation sites is 1. The fraction of sp³-hybridized carbons (Fsp3) is 0.409. The molecule has 2 rings (SSSR count). The van der Waals surface area contributed by atoms with Crippen molar-refractivity contribution in [3.63, 3.8) is 0 Å². The molecule has 0 heterocycles. The molecule has 0 saturated carbocycles. The molecule has 0 saturated heterocycles. The Kier molecular flexibility index (Phi) is 8.05. The highest BCUT2D eigenvalue weighted by Crippen LogP contribution is 2.21.